The fourth-order valence-corrected chi connectivity index (χ4v) is 3.15. The summed E-state index contributed by atoms with van der Waals surface area (Å²) in [5.74, 6) is 0.00442. The Kier molecular flexibility index (Phi) is 3.93. The molecule has 0 spiro atoms. The highest BCUT2D eigenvalue weighted by molar-refractivity contribution is 5.85. The summed E-state index contributed by atoms with van der Waals surface area (Å²) >= 11 is 0. The molecular weight excluding hydrogens is 262 g/mol. The van der Waals surface area contributed by atoms with Gasteiger partial charge in [0.2, 0.25) is 5.91 Å². The van der Waals surface area contributed by atoms with Crippen LogP contribution in [0.4, 0.5) is 0 Å². The molecule has 1 aliphatic heterocycles. The molecule has 3 nitrogen and oxygen atoms in total. The molecule has 3 rings (SSSR count). The molecule has 0 radical (unpaired) electrons. The van der Waals surface area contributed by atoms with E-state index >= 15 is 0 Å². The first-order valence-corrected chi connectivity index (χ1v) is 7.51. The van der Waals surface area contributed by atoms with E-state index in [-0.39, 0.29) is 30.0 Å². The zero-order valence-electron chi connectivity index (χ0n) is 12.5. The van der Waals surface area contributed by atoms with Crippen molar-refractivity contribution >= 4 is 5.91 Å². The van der Waals surface area contributed by atoms with Crippen molar-refractivity contribution in [1.29, 1.82) is 0 Å². The fourth-order valence-electron chi connectivity index (χ4n) is 3.15. The van der Waals surface area contributed by atoms with Crippen molar-refractivity contribution in [2.75, 3.05) is 0 Å². The minimum Gasteiger partial charge on any atom is -0.370 e. The Balaban J connectivity index is 1.79. The third-order valence-electron chi connectivity index (χ3n) is 4.13. The van der Waals surface area contributed by atoms with E-state index in [0.717, 1.165) is 5.56 Å². The van der Waals surface area contributed by atoms with Crippen LogP contribution in [-0.2, 0) is 16.1 Å². The number of likely N-dealkylation sites (tertiary alicyclic amines) is 1. The summed E-state index contributed by atoms with van der Waals surface area (Å²) in [5, 5.41) is 0. The standard InChI is InChI=1S/C18H21NO2/c1-13(2)19-16-11-7-6-10-15(18(19)20)17(16)21-12-14-8-4-3-5-9-14/h3-11,13,15-17H,12H2,1-2H3/t15-,16?,17-/m1/s1. The summed E-state index contributed by atoms with van der Waals surface area (Å²) in [7, 11) is 0. The van der Waals surface area contributed by atoms with Gasteiger partial charge in [-0.3, -0.25) is 4.79 Å². The highest BCUT2D eigenvalue weighted by atomic mass is 16.5. The summed E-state index contributed by atoms with van der Waals surface area (Å²) in [4.78, 5) is 14.5. The number of amides is 1. The van der Waals surface area contributed by atoms with Gasteiger partial charge in [0.15, 0.2) is 0 Å². The van der Waals surface area contributed by atoms with Crippen molar-refractivity contribution in [2.24, 2.45) is 5.92 Å². The minimum absolute atomic E-state index is 0.0289. The number of carbonyl (C=O) groups excluding carboxylic acids is 1. The van der Waals surface area contributed by atoms with E-state index in [1.54, 1.807) is 0 Å². The lowest BCUT2D eigenvalue weighted by Gasteiger charge is -2.28. The van der Waals surface area contributed by atoms with Crippen LogP contribution >= 0.6 is 0 Å². The lowest BCUT2D eigenvalue weighted by molar-refractivity contribution is -0.132. The van der Waals surface area contributed by atoms with Gasteiger partial charge in [-0.1, -0.05) is 54.6 Å². The molecule has 1 heterocycles. The molecular formula is C18H21NO2. The van der Waals surface area contributed by atoms with Gasteiger partial charge in [0, 0.05) is 6.04 Å². The number of benzene rings is 1. The molecule has 110 valence electrons. The SMILES string of the molecule is CC(C)N1C(=O)[C@@H]2C=CC=CC1[C@@H]2OCc1ccccc1. The summed E-state index contributed by atoms with van der Waals surface area (Å²) in [5.41, 5.74) is 1.14. The Bertz CT molecular complexity index is 562. The average molecular weight is 283 g/mol. The predicted octanol–water partition coefficient (Wildman–Crippen LogP) is 2.93. The van der Waals surface area contributed by atoms with Crippen LogP contribution in [0.5, 0.6) is 0 Å². The van der Waals surface area contributed by atoms with Gasteiger partial charge in [-0.2, -0.15) is 0 Å². The fraction of sp³-hybridized carbons (Fsp3) is 0.389. The molecule has 1 unspecified atom stereocenters. The number of hydrogen-bond donors (Lipinski definition) is 0. The third-order valence-corrected chi connectivity index (χ3v) is 4.13. The van der Waals surface area contributed by atoms with Crippen LogP contribution < -0.4 is 0 Å². The van der Waals surface area contributed by atoms with Crippen molar-refractivity contribution in [2.45, 2.75) is 38.6 Å². The maximum Gasteiger partial charge on any atom is 0.233 e. The number of hydrogen-bond acceptors (Lipinski definition) is 2. The Labute approximate surface area is 125 Å². The van der Waals surface area contributed by atoms with Gasteiger partial charge in [0.05, 0.1) is 24.7 Å². The van der Waals surface area contributed by atoms with Crippen molar-refractivity contribution in [3.63, 3.8) is 0 Å². The number of rotatable bonds is 4. The predicted molar refractivity (Wildman–Crippen MR) is 82.6 cm³/mol. The second-order valence-electron chi connectivity index (χ2n) is 5.89. The molecule has 3 heteroatoms. The Morgan fingerprint density at radius 3 is 2.57 bits per heavy atom. The van der Waals surface area contributed by atoms with Crippen molar-refractivity contribution in [1.82, 2.24) is 4.90 Å². The first-order chi connectivity index (χ1) is 10.2. The van der Waals surface area contributed by atoms with Crippen LogP contribution in [0.15, 0.2) is 54.6 Å². The normalized spacial score (nSPS) is 27.5. The van der Waals surface area contributed by atoms with Gasteiger partial charge >= 0.3 is 0 Å². The zero-order chi connectivity index (χ0) is 14.8. The van der Waals surface area contributed by atoms with Gasteiger partial charge in [0.25, 0.3) is 0 Å². The number of nitrogens with zero attached hydrogens (tertiary/aromatic N) is 1. The molecule has 1 saturated heterocycles. The quantitative estimate of drug-likeness (QED) is 0.850. The summed E-state index contributed by atoms with van der Waals surface area (Å²) in [6, 6.07) is 10.3. The largest absolute Gasteiger partial charge is 0.370 e. The molecule has 0 aromatic heterocycles. The first-order valence-electron chi connectivity index (χ1n) is 7.51. The van der Waals surface area contributed by atoms with Crippen LogP contribution in [0, 0.1) is 5.92 Å². The Morgan fingerprint density at radius 1 is 1.14 bits per heavy atom. The number of allylic oxidation sites excluding steroid dienone is 2. The highest BCUT2D eigenvalue weighted by Crippen LogP contribution is 2.33. The summed E-state index contributed by atoms with van der Waals surface area (Å²) in [6.07, 6.45) is 7.92. The maximum absolute atomic E-state index is 12.6. The third kappa shape index (κ3) is 2.66. The average Bonchev–Trinajstić information content (AvgIpc) is 2.61. The van der Waals surface area contributed by atoms with Gasteiger partial charge in [-0.25, -0.2) is 0 Å². The lowest BCUT2D eigenvalue weighted by atomic mass is 10.0. The van der Waals surface area contributed by atoms with E-state index in [0.29, 0.717) is 6.61 Å². The van der Waals surface area contributed by atoms with Gasteiger partial charge in [-0.05, 0) is 19.4 Å². The maximum atomic E-state index is 12.6. The molecule has 1 amide bonds. The molecule has 1 fully saturated rings. The van der Waals surface area contributed by atoms with Crippen molar-refractivity contribution in [3.05, 3.63) is 60.2 Å². The summed E-state index contributed by atoms with van der Waals surface area (Å²) in [6.45, 7) is 4.65. The summed E-state index contributed by atoms with van der Waals surface area (Å²) < 4.78 is 6.12. The first kappa shape index (κ1) is 14.1. The van der Waals surface area contributed by atoms with Gasteiger partial charge < -0.3 is 9.64 Å². The Hall–Kier alpha value is -1.87. The highest BCUT2D eigenvalue weighted by Gasteiger charge is 2.47. The molecule has 0 N–H and O–H groups in total. The second-order valence-corrected chi connectivity index (χ2v) is 5.89. The van der Waals surface area contributed by atoms with E-state index < -0.39 is 0 Å². The van der Waals surface area contributed by atoms with E-state index in [9.17, 15) is 4.79 Å². The van der Waals surface area contributed by atoms with Crippen LogP contribution in [0.1, 0.15) is 19.4 Å². The van der Waals surface area contributed by atoms with Crippen molar-refractivity contribution in [3.8, 4) is 0 Å². The van der Waals surface area contributed by atoms with Gasteiger partial charge in [0.1, 0.15) is 0 Å². The molecule has 21 heavy (non-hydrogen) atoms. The molecule has 1 aliphatic carbocycles. The second kappa shape index (κ2) is 5.86. The number of fused-ring (bicyclic) bond motifs is 2. The molecule has 1 aromatic carbocycles. The molecule has 2 bridgehead atoms. The molecule has 1 aromatic rings. The number of carbonyl (C=O) groups is 1. The van der Waals surface area contributed by atoms with E-state index in [1.165, 1.54) is 0 Å². The van der Waals surface area contributed by atoms with E-state index in [4.69, 9.17) is 4.74 Å². The van der Waals surface area contributed by atoms with Crippen LogP contribution in [-0.4, -0.2) is 29.0 Å². The zero-order valence-corrected chi connectivity index (χ0v) is 12.5. The molecule has 3 atom stereocenters. The Morgan fingerprint density at radius 2 is 1.86 bits per heavy atom. The monoisotopic (exact) mass is 283 g/mol. The van der Waals surface area contributed by atoms with Crippen LogP contribution in [0.3, 0.4) is 0 Å². The van der Waals surface area contributed by atoms with Crippen LogP contribution in [0.2, 0.25) is 0 Å². The molecule has 0 saturated carbocycles. The van der Waals surface area contributed by atoms with E-state index in [2.05, 4.69) is 19.9 Å². The van der Waals surface area contributed by atoms with Crippen LogP contribution in [0.25, 0.3) is 0 Å². The molecule has 2 aliphatic rings. The lowest BCUT2D eigenvalue weighted by Crippen LogP contribution is -2.41. The van der Waals surface area contributed by atoms with E-state index in [1.807, 2.05) is 53.5 Å². The smallest absolute Gasteiger partial charge is 0.233 e. The van der Waals surface area contributed by atoms with Gasteiger partial charge in [-0.15, -0.1) is 0 Å². The number of ether oxygens (including phenoxy) is 1. The minimum atomic E-state index is -0.170. The topological polar surface area (TPSA) is 29.5 Å². The van der Waals surface area contributed by atoms with Crippen molar-refractivity contribution < 1.29 is 9.53 Å².